The lowest BCUT2D eigenvalue weighted by molar-refractivity contribution is 0.0727. The minimum atomic E-state index is 0.389. The molecule has 0 aromatic heterocycles. The van der Waals surface area contributed by atoms with Crippen molar-refractivity contribution in [2.24, 2.45) is 0 Å². The molecule has 1 aliphatic heterocycles. The lowest BCUT2D eigenvalue weighted by Gasteiger charge is -2.47. The summed E-state index contributed by atoms with van der Waals surface area (Å²) in [6.07, 6.45) is 5.14. The zero-order chi connectivity index (χ0) is 11.3. The molecule has 0 saturated carbocycles. The van der Waals surface area contributed by atoms with E-state index in [4.69, 9.17) is 0 Å². The first kappa shape index (κ1) is 13.0. The Hall–Kier alpha value is -0.0800. The first-order valence-electron chi connectivity index (χ1n) is 6.70. The van der Waals surface area contributed by atoms with E-state index in [0.29, 0.717) is 5.54 Å². The summed E-state index contributed by atoms with van der Waals surface area (Å²) in [5, 5.41) is 3.79. The van der Waals surface area contributed by atoms with Crippen LogP contribution in [0.3, 0.4) is 0 Å². The molecule has 1 aliphatic rings. The summed E-state index contributed by atoms with van der Waals surface area (Å²) in [6.45, 7) is 12.8. The van der Waals surface area contributed by atoms with Crippen LogP contribution in [0.5, 0.6) is 0 Å². The van der Waals surface area contributed by atoms with Gasteiger partial charge in [0.25, 0.3) is 0 Å². The van der Waals surface area contributed by atoms with Crippen LogP contribution in [-0.2, 0) is 0 Å². The van der Waals surface area contributed by atoms with E-state index in [1.807, 2.05) is 0 Å². The van der Waals surface area contributed by atoms with Crippen molar-refractivity contribution in [3.63, 3.8) is 0 Å². The Morgan fingerprint density at radius 2 is 1.87 bits per heavy atom. The van der Waals surface area contributed by atoms with Crippen LogP contribution in [0.4, 0.5) is 0 Å². The van der Waals surface area contributed by atoms with E-state index >= 15 is 0 Å². The van der Waals surface area contributed by atoms with Crippen molar-refractivity contribution in [3.05, 3.63) is 0 Å². The van der Waals surface area contributed by atoms with Gasteiger partial charge in [0.2, 0.25) is 0 Å². The highest BCUT2D eigenvalue weighted by Gasteiger charge is 2.35. The largest absolute Gasteiger partial charge is 0.308 e. The third kappa shape index (κ3) is 2.94. The molecule has 0 spiro atoms. The van der Waals surface area contributed by atoms with Gasteiger partial charge in [-0.1, -0.05) is 34.1 Å². The molecule has 0 aliphatic carbocycles. The Bertz CT molecular complexity index is 175. The molecule has 1 atom stereocenters. The van der Waals surface area contributed by atoms with E-state index in [1.165, 1.54) is 45.3 Å². The highest BCUT2D eigenvalue weighted by atomic mass is 15.2. The van der Waals surface area contributed by atoms with Gasteiger partial charge in [-0.05, 0) is 25.8 Å². The molecule has 1 saturated heterocycles. The van der Waals surface area contributed by atoms with Gasteiger partial charge in [0, 0.05) is 24.7 Å². The van der Waals surface area contributed by atoms with E-state index in [1.54, 1.807) is 0 Å². The summed E-state index contributed by atoms with van der Waals surface area (Å²) in [5.74, 6) is 0. The van der Waals surface area contributed by atoms with E-state index < -0.39 is 0 Å². The number of nitrogens with zero attached hydrogens (tertiary/aromatic N) is 1. The Morgan fingerprint density at radius 1 is 1.20 bits per heavy atom. The topological polar surface area (TPSA) is 15.3 Å². The first-order chi connectivity index (χ1) is 7.21. The van der Waals surface area contributed by atoms with Gasteiger partial charge in [0.15, 0.2) is 0 Å². The van der Waals surface area contributed by atoms with Crippen LogP contribution in [0.15, 0.2) is 0 Å². The van der Waals surface area contributed by atoms with Gasteiger partial charge in [-0.15, -0.1) is 0 Å². The average Bonchev–Trinajstić information content (AvgIpc) is 2.30. The predicted octanol–water partition coefficient (Wildman–Crippen LogP) is 2.64. The molecular weight excluding hydrogens is 184 g/mol. The number of nitrogens with one attached hydrogen (secondary N) is 1. The number of hydrogen-bond donors (Lipinski definition) is 1. The fraction of sp³-hybridized carbons (Fsp3) is 1.00. The summed E-state index contributed by atoms with van der Waals surface area (Å²) in [7, 11) is 0. The fourth-order valence-electron chi connectivity index (χ4n) is 2.75. The molecule has 1 unspecified atom stereocenters. The van der Waals surface area contributed by atoms with Crippen molar-refractivity contribution in [1.82, 2.24) is 10.2 Å². The van der Waals surface area contributed by atoms with Gasteiger partial charge in [-0.25, -0.2) is 0 Å². The summed E-state index contributed by atoms with van der Waals surface area (Å²) >= 11 is 0. The summed E-state index contributed by atoms with van der Waals surface area (Å²) in [5.41, 5.74) is 0.389. The maximum absolute atomic E-state index is 3.79. The standard InChI is InChI=1S/C13H28N2/c1-5-9-12-10-14-13(6-2,7-3)11-15(12)8-4/h12,14H,5-11H2,1-4H3. The lowest BCUT2D eigenvalue weighted by Crippen LogP contribution is -2.63. The van der Waals surface area contributed by atoms with Crippen molar-refractivity contribution in [2.75, 3.05) is 19.6 Å². The third-order valence-electron chi connectivity index (χ3n) is 4.12. The van der Waals surface area contributed by atoms with Gasteiger partial charge in [-0.2, -0.15) is 0 Å². The highest BCUT2D eigenvalue weighted by Crippen LogP contribution is 2.23. The average molecular weight is 212 g/mol. The van der Waals surface area contributed by atoms with E-state index in [2.05, 4.69) is 37.9 Å². The molecule has 0 aromatic carbocycles. The molecule has 1 fully saturated rings. The lowest BCUT2D eigenvalue weighted by atomic mass is 9.88. The van der Waals surface area contributed by atoms with Gasteiger partial charge in [0.05, 0.1) is 0 Å². The molecule has 0 amide bonds. The summed E-state index contributed by atoms with van der Waals surface area (Å²) in [4.78, 5) is 2.67. The minimum Gasteiger partial charge on any atom is -0.308 e. The molecule has 1 N–H and O–H groups in total. The number of rotatable bonds is 5. The Kier molecular flexibility index (Phi) is 5.07. The maximum Gasteiger partial charge on any atom is 0.0304 e. The quantitative estimate of drug-likeness (QED) is 0.753. The van der Waals surface area contributed by atoms with Gasteiger partial charge < -0.3 is 5.32 Å². The van der Waals surface area contributed by atoms with Crippen molar-refractivity contribution in [2.45, 2.75) is 65.0 Å². The van der Waals surface area contributed by atoms with E-state index in [9.17, 15) is 0 Å². The number of piperazine rings is 1. The normalized spacial score (nSPS) is 26.8. The van der Waals surface area contributed by atoms with Crippen molar-refractivity contribution >= 4 is 0 Å². The molecule has 1 heterocycles. The second kappa shape index (κ2) is 5.86. The highest BCUT2D eigenvalue weighted by molar-refractivity contribution is 4.96. The van der Waals surface area contributed by atoms with Crippen LogP contribution < -0.4 is 5.32 Å². The molecule has 0 bridgehead atoms. The van der Waals surface area contributed by atoms with Crippen molar-refractivity contribution < 1.29 is 0 Å². The molecule has 0 aromatic rings. The maximum atomic E-state index is 3.79. The first-order valence-corrected chi connectivity index (χ1v) is 6.70. The molecule has 90 valence electrons. The molecule has 0 radical (unpaired) electrons. The Morgan fingerprint density at radius 3 is 2.33 bits per heavy atom. The Labute approximate surface area is 95.4 Å². The molecule has 2 heteroatoms. The smallest absolute Gasteiger partial charge is 0.0304 e. The van der Waals surface area contributed by atoms with Gasteiger partial charge in [0.1, 0.15) is 0 Å². The molecule has 1 rings (SSSR count). The third-order valence-corrected chi connectivity index (χ3v) is 4.12. The number of hydrogen-bond acceptors (Lipinski definition) is 2. The van der Waals surface area contributed by atoms with Crippen LogP contribution in [-0.4, -0.2) is 36.1 Å². The van der Waals surface area contributed by atoms with Crippen LogP contribution in [0, 0.1) is 0 Å². The zero-order valence-corrected chi connectivity index (χ0v) is 11.0. The van der Waals surface area contributed by atoms with Crippen LogP contribution in [0.25, 0.3) is 0 Å². The Balaban J connectivity index is 2.60. The molecule has 2 nitrogen and oxygen atoms in total. The predicted molar refractivity (Wildman–Crippen MR) is 67.3 cm³/mol. The van der Waals surface area contributed by atoms with Crippen molar-refractivity contribution in [3.8, 4) is 0 Å². The summed E-state index contributed by atoms with van der Waals surface area (Å²) < 4.78 is 0. The van der Waals surface area contributed by atoms with Crippen LogP contribution >= 0.6 is 0 Å². The van der Waals surface area contributed by atoms with E-state index in [-0.39, 0.29) is 0 Å². The van der Waals surface area contributed by atoms with Gasteiger partial charge >= 0.3 is 0 Å². The number of likely N-dealkylation sites (N-methyl/N-ethyl adjacent to an activating group) is 1. The second-order valence-electron chi connectivity index (χ2n) is 4.87. The molecular formula is C13H28N2. The monoisotopic (exact) mass is 212 g/mol. The second-order valence-corrected chi connectivity index (χ2v) is 4.87. The fourth-order valence-corrected chi connectivity index (χ4v) is 2.75. The SMILES string of the molecule is CCCC1CNC(CC)(CC)CN1CC. The van der Waals surface area contributed by atoms with Crippen molar-refractivity contribution in [1.29, 1.82) is 0 Å². The summed E-state index contributed by atoms with van der Waals surface area (Å²) in [6, 6.07) is 0.770. The molecule has 15 heavy (non-hydrogen) atoms. The van der Waals surface area contributed by atoms with Gasteiger partial charge in [-0.3, -0.25) is 4.90 Å². The zero-order valence-electron chi connectivity index (χ0n) is 11.0. The van der Waals surface area contributed by atoms with E-state index in [0.717, 1.165) is 6.04 Å². The minimum absolute atomic E-state index is 0.389. The van der Waals surface area contributed by atoms with Crippen LogP contribution in [0.1, 0.15) is 53.4 Å². The van der Waals surface area contributed by atoms with Crippen LogP contribution in [0.2, 0.25) is 0 Å².